The zero-order valence-corrected chi connectivity index (χ0v) is 17.5. The van der Waals surface area contributed by atoms with Crippen LogP contribution < -0.4 is 5.32 Å². The number of guanidine groups is 1. The molecule has 1 aromatic heterocycles. The second-order valence-corrected chi connectivity index (χ2v) is 6.99. The van der Waals surface area contributed by atoms with Crippen molar-refractivity contribution < 1.29 is 0 Å². The van der Waals surface area contributed by atoms with Gasteiger partial charge in [0.05, 0.1) is 6.20 Å². The Bertz CT molecular complexity index is 522. The van der Waals surface area contributed by atoms with Crippen LogP contribution >= 0.6 is 24.0 Å². The van der Waals surface area contributed by atoms with Crippen LogP contribution in [0.1, 0.15) is 31.7 Å². The summed E-state index contributed by atoms with van der Waals surface area (Å²) in [6.45, 7) is 7.39. The van der Waals surface area contributed by atoms with E-state index >= 15 is 0 Å². The lowest BCUT2D eigenvalue weighted by Crippen LogP contribution is -2.51. The minimum atomic E-state index is 0. The molecule has 1 aromatic rings. The second kappa shape index (κ2) is 8.32. The molecular weight excluding hydrogens is 403 g/mol. The first kappa shape index (κ1) is 20.2. The summed E-state index contributed by atoms with van der Waals surface area (Å²) in [7, 11) is 8.06. The van der Waals surface area contributed by atoms with Crippen molar-refractivity contribution in [3.05, 3.63) is 18.0 Å². The average Bonchev–Trinajstić information content (AvgIpc) is 3.08. The lowest BCUT2D eigenvalue weighted by atomic mass is 10.0. The van der Waals surface area contributed by atoms with E-state index in [1.807, 2.05) is 25.0 Å². The van der Waals surface area contributed by atoms with Gasteiger partial charge in [-0.25, -0.2) is 0 Å². The van der Waals surface area contributed by atoms with Crippen molar-refractivity contribution in [3.63, 3.8) is 0 Å². The van der Waals surface area contributed by atoms with Crippen LogP contribution in [0.2, 0.25) is 0 Å². The predicted octanol–water partition coefficient (Wildman–Crippen LogP) is 1.74. The number of halogens is 1. The number of hydrogen-bond donors (Lipinski definition) is 1. The Kier molecular flexibility index (Phi) is 7.31. The number of rotatable bonds is 4. The zero-order chi connectivity index (χ0) is 16.3. The topological polar surface area (TPSA) is 48.7 Å². The van der Waals surface area contributed by atoms with Gasteiger partial charge in [-0.05, 0) is 39.9 Å². The molecule has 132 valence electrons. The standard InChI is InChI=1S/C16H30N6.HI/c1-16(2,20(4)5)12-18-15(17-3)22-8-7-13(11-22)14-9-19-21(6)10-14;/h9-10,13H,7-8,11-12H2,1-6H3,(H,17,18);1H. The Morgan fingerprint density at radius 3 is 2.70 bits per heavy atom. The molecule has 1 aliphatic heterocycles. The Morgan fingerprint density at radius 1 is 1.48 bits per heavy atom. The van der Waals surface area contributed by atoms with Gasteiger partial charge in [-0.3, -0.25) is 9.67 Å². The highest BCUT2D eigenvalue weighted by Gasteiger charge is 2.28. The molecule has 2 heterocycles. The first-order chi connectivity index (χ1) is 10.3. The Hall–Kier alpha value is -0.830. The number of nitrogens with zero attached hydrogens (tertiary/aromatic N) is 5. The Labute approximate surface area is 157 Å². The summed E-state index contributed by atoms with van der Waals surface area (Å²) >= 11 is 0. The molecule has 1 atom stereocenters. The van der Waals surface area contributed by atoms with E-state index in [9.17, 15) is 0 Å². The smallest absolute Gasteiger partial charge is 0.193 e. The Balaban J connectivity index is 0.00000264. The van der Waals surface area contributed by atoms with Gasteiger partial charge in [-0.15, -0.1) is 24.0 Å². The van der Waals surface area contributed by atoms with Gasteiger partial charge < -0.3 is 15.1 Å². The van der Waals surface area contributed by atoms with Crippen LogP contribution in [-0.4, -0.2) is 71.9 Å². The number of likely N-dealkylation sites (tertiary alicyclic amines) is 1. The largest absolute Gasteiger partial charge is 0.354 e. The zero-order valence-electron chi connectivity index (χ0n) is 15.2. The fraction of sp³-hybridized carbons (Fsp3) is 0.750. The third kappa shape index (κ3) is 5.07. The molecule has 0 spiro atoms. The summed E-state index contributed by atoms with van der Waals surface area (Å²) in [6, 6.07) is 0. The van der Waals surface area contributed by atoms with Crippen molar-refractivity contribution in [3.8, 4) is 0 Å². The van der Waals surface area contributed by atoms with Gasteiger partial charge in [0, 0.05) is 51.4 Å². The number of hydrogen-bond acceptors (Lipinski definition) is 3. The quantitative estimate of drug-likeness (QED) is 0.446. The number of nitrogens with one attached hydrogen (secondary N) is 1. The van der Waals surface area contributed by atoms with E-state index in [0.29, 0.717) is 5.92 Å². The van der Waals surface area contributed by atoms with Gasteiger partial charge in [-0.2, -0.15) is 5.10 Å². The third-order valence-electron chi connectivity index (χ3n) is 4.79. The molecule has 0 amide bonds. The third-order valence-corrected chi connectivity index (χ3v) is 4.79. The summed E-state index contributed by atoms with van der Waals surface area (Å²) in [5.74, 6) is 1.55. The number of aryl methyl sites for hydroxylation is 1. The summed E-state index contributed by atoms with van der Waals surface area (Å²) in [6.07, 6.45) is 5.27. The van der Waals surface area contributed by atoms with Gasteiger partial charge in [0.2, 0.25) is 0 Å². The molecule has 0 saturated carbocycles. The number of likely N-dealkylation sites (N-methyl/N-ethyl adjacent to an activating group) is 1. The van der Waals surface area contributed by atoms with Gasteiger partial charge in [0.15, 0.2) is 5.96 Å². The maximum atomic E-state index is 4.46. The fourth-order valence-corrected chi connectivity index (χ4v) is 2.66. The van der Waals surface area contributed by atoms with E-state index in [2.05, 4.69) is 59.3 Å². The summed E-state index contributed by atoms with van der Waals surface area (Å²) in [5, 5.41) is 7.81. The molecule has 6 nitrogen and oxygen atoms in total. The molecule has 7 heteroatoms. The van der Waals surface area contributed by atoms with Crippen LogP contribution in [0.4, 0.5) is 0 Å². The van der Waals surface area contributed by atoms with Crippen LogP contribution in [0.3, 0.4) is 0 Å². The minimum absolute atomic E-state index is 0. The van der Waals surface area contributed by atoms with E-state index in [-0.39, 0.29) is 29.5 Å². The molecule has 1 saturated heterocycles. The molecule has 0 aliphatic carbocycles. The maximum Gasteiger partial charge on any atom is 0.193 e. The monoisotopic (exact) mass is 434 g/mol. The SMILES string of the molecule is CN=C(NCC(C)(C)N(C)C)N1CCC(c2cnn(C)c2)C1.I. The van der Waals surface area contributed by atoms with Crippen LogP contribution in [-0.2, 0) is 7.05 Å². The average molecular weight is 434 g/mol. The van der Waals surface area contributed by atoms with Crippen molar-refractivity contribution in [2.45, 2.75) is 31.7 Å². The molecular formula is C16H31IN6. The van der Waals surface area contributed by atoms with Gasteiger partial charge in [0.1, 0.15) is 0 Å². The van der Waals surface area contributed by atoms with E-state index in [1.54, 1.807) is 0 Å². The molecule has 23 heavy (non-hydrogen) atoms. The van der Waals surface area contributed by atoms with Crippen LogP contribution in [0.25, 0.3) is 0 Å². The first-order valence-corrected chi connectivity index (χ1v) is 7.95. The van der Waals surface area contributed by atoms with Crippen molar-refractivity contribution >= 4 is 29.9 Å². The molecule has 0 radical (unpaired) electrons. The van der Waals surface area contributed by atoms with E-state index < -0.39 is 0 Å². The van der Waals surface area contributed by atoms with E-state index in [1.165, 1.54) is 5.56 Å². The summed E-state index contributed by atoms with van der Waals surface area (Å²) in [5.41, 5.74) is 1.42. The predicted molar refractivity (Wildman–Crippen MR) is 107 cm³/mol. The van der Waals surface area contributed by atoms with Gasteiger partial charge >= 0.3 is 0 Å². The van der Waals surface area contributed by atoms with E-state index in [4.69, 9.17) is 0 Å². The summed E-state index contributed by atoms with van der Waals surface area (Å²) in [4.78, 5) is 9.04. The first-order valence-electron chi connectivity index (χ1n) is 7.95. The second-order valence-electron chi connectivity index (χ2n) is 6.99. The fourth-order valence-electron chi connectivity index (χ4n) is 2.66. The van der Waals surface area contributed by atoms with Crippen molar-refractivity contribution in [2.75, 3.05) is 40.8 Å². The molecule has 0 bridgehead atoms. The molecule has 1 fully saturated rings. The van der Waals surface area contributed by atoms with Gasteiger partial charge in [-0.1, -0.05) is 0 Å². The maximum absolute atomic E-state index is 4.46. The molecule has 1 aliphatic rings. The highest BCUT2D eigenvalue weighted by molar-refractivity contribution is 14.0. The molecule has 1 unspecified atom stereocenters. The molecule has 2 rings (SSSR count). The number of aromatic nitrogens is 2. The van der Waals surface area contributed by atoms with E-state index in [0.717, 1.165) is 32.0 Å². The normalized spacial score (nSPS) is 19.2. The van der Waals surface area contributed by atoms with Crippen LogP contribution in [0.5, 0.6) is 0 Å². The van der Waals surface area contributed by atoms with Crippen LogP contribution in [0, 0.1) is 0 Å². The van der Waals surface area contributed by atoms with Crippen LogP contribution in [0.15, 0.2) is 17.4 Å². The summed E-state index contributed by atoms with van der Waals surface area (Å²) < 4.78 is 1.88. The lowest BCUT2D eigenvalue weighted by molar-refractivity contribution is 0.196. The van der Waals surface area contributed by atoms with Crippen molar-refractivity contribution in [1.29, 1.82) is 0 Å². The minimum Gasteiger partial charge on any atom is -0.354 e. The Morgan fingerprint density at radius 2 is 2.17 bits per heavy atom. The molecule has 0 aromatic carbocycles. The molecule has 1 N–H and O–H groups in total. The van der Waals surface area contributed by atoms with Crippen molar-refractivity contribution in [2.24, 2.45) is 12.0 Å². The van der Waals surface area contributed by atoms with Gasteiger partial charge in [0.25, 0.3) is 0 Å². The lowest BCUT2D eigenvalue weighted by Gasteiger charge is -2.34. The highest BCUT2D eigenvalue weighted by Crippen LogP contribution is 2.26. The van der Waals surface area contributed by atoms with Crippen molar-refractivity contribution in [1.82, 2.24) is 24.9 Å². The highest BCUT2D eigenvalue weighted by atomic mass is 127. The number of aliphatic imine (C=N–C) groups is 1.